The van der Waals surface area contributed by atoms with Crippen LogP contribution >= 0.6 is 23.4 Å². The number of hydrogen-bond donors (Lipinski definition) is 1. The molecule has 2 aliphatic heterocycles. The minimum atomic E-state index is -0.474. The molecule has 2 aromatic carbocycles. The number of amidine groups is 2. The molecular weight excluding hydrogens is 446 g/mol. The van der Waals surface area contributed by atoms with Gasteiger partial charge in [-0.2, -0.15) is 15.1 Å². The van der Waals surface area contributed by atoms with E-state index < -0.39 is 5.91 Å². The molecule has 32 heavy (non-hydrogen) atoms. The van der Waals surface area contributed by atoms with Crippen molar-refractivity contribution in [1.82, 2.24) is 9.58 Å². The van der Waals surface area contributed by atoms with Gasteiger partial charge in [0.1, 0.15) is 17.4 Å². The molecule has 0 saturated heterocycles. The van der Waals surface area contributed by atoms with E-state index in [9.17, 15) is 4.79 Å². The third-order valence-electron chi connectivity index (χ3n) is 4.78. The lowest BCUT2D eigenvalue weighted by molar-refractivity contribution is -0.114. The van der Waals surface area contributed by atoms with Crippen LogP contribution in [0.4, 0.5) is 0 Å². The zero-order valence-electron chi connectivity index (χ0n) is 16.6. The van der Waals surface area contributed by atoms with E-state index in [1.165, 1.54) is 16.8 Å². The predicted molar refractivity (Wildman–Crippen MR) is 128 cm³/mol. The minimum Gasteiger partial charge on any atom is -0.487 e. The molecule has 9 heteroatoms. The molecular formula is C23H16ClN5O2S. The van der Waals surface area contributed by atoms with Gasteiger partial charge in [0.15, 0.2) is 5.84 Å². The first-order chi connectivity index (χ1) is 15.6. The molecule has 0 fully saturated rings. The number of para-hydroxylation sites is 1. The van der Waals surface area contributed by atoms with Crippen LogP contribution in [-0.2, 0) is 4.79 Å². The second-order valence-corrected chi connectivity index (χ2v) is 8.37. The van der Waals surface area contributed by atoms with Gasteiger partial charge in [0.2, 0.25) is 5.17 Å². The number of aromatic nitrogens is 1. The maximum Gasteiger partial charge on any atom is 0.283 e. The fourth-order valence-electron chi connectivity index (χ4n) is 3.25. The number of hydrazone groups is 1. The second kappa shape index (κ2) is 8.49. The first-order valence-corrected chi connectivity index (χ1v) is 10.9. The van der Waals surface area contributed by atoms with Gasteiger partial charge in [-0.3, -0.25) is 10.2 Å². The van der Waals surface area contributed by atoms with Gasteiger partial charge in [-0.05, 0) is 66.4 Å². The van der Waals surface area contributed by atoms with Crippen LogP contribution in [0.3, 0.4) is 0 Å². The van der Waals surface area contributed by atoms with Crippen molar-refractivity contribution < 1.29 is 9.53 Å². The van der Waals surface area contributed by atoms with Crippen molar-refractivity contribution in [3.05, 3.63) is 89.2 Å². The first-order valence-electron chi connectivity index (χ1n) is 9.69. The largest absolute Gasteiger partial charge is 0.487 e. The summed E-state index contributed by atoms with van der Waals surface area (Å²) < 4.78 is 7.63. The molecule has 2 aliphatic rings. The SMILES string of the molecule is N=C1/C(=C\c2cccn2-c2ccc(Cl)cc2)C(=O)N=C2SC(COc3ccccc3)=NN12. The van der Waals surface area contributed by atoms with Crippen molar-refractivity contribution in [2.45, 2.75) is 0 Å². The number of carbonyl (C=O) groups excluding carboxylic acids is 1. The molecule has 1 aromatic heterocycles. The summed E-state index contributed by atoms with van der Waals surface area (Å²) in [7, 11) is 0. The van der Waals surface area contributed by atoms with Crippen molar-refractivity contribution in [2.75, 3.05) is 6.61 Å². The zero-order valence-corrected chi connectivity index (χ0v) is 18.2. The lowest BCUT2D eigenvalue weighted by Crippen LogP contribution is -2.35. The molecule has 0 aliphatic carbocycles. The van der Waals surface area contributed by atoms with E-state index in [0.717, 1.165) is 17.1 Å². The molecule has 0 radical (unpaired) electrons. The Balaban J connectivity index is 1.39. The number of hydrogen-bond acceptors (Lipinski definition) is 5. The standard InChI is InChI=1S/C23H16ClN5O2S/c24-15-8-10-16(11-9-15)28-12-4-5-17(28)13-19-21(25)29-23(26-22(19)30)32-20(27-29)14-31-18-6-2-1-3-7-18/h1-13,25H,14H2/b19-13+,25-21?. The number of carbonyl (C=O) groups is 1. The number of rotatable bonds is 5. The van der Waals surface area contributed by atoms with Gasteiger partial charge >= 0.3 is 0 Å². The fourth-order valence-corrected chi connectivity index (χ4v) is 4.17. The highest BCUT2D eigenvalue weighted by Crippen LogP contribution is 2.29. The lowest BCUT2D eigenvalue weighted by Gasteiger charge is -2.20. The smallest absolute Gasteiger partial charge is 0.283 e. The van der Waals surface area contributed by atoms with Crippen LogP contribution in [-0.4, -0.2) is 38.1 Å². The van der Waals surface area contributed by atoms with Crippen molar-refractivity contribution >= 4 is 51.4 Å². The maximum atomic E-state index is 12.7. The minimum absolute atomic E-state index is 0.0222. The molecule has 1 amide bonds. The summed E-state index contributed by atoms with van der Waals surface area (Å²) in [5.41, 5.74) is 1.79. The van der Waals surface area contributed by atoms with Crippen molar-refractivity contribution in [1.29, 1.82) is 5.41 Å². The molecule has 158 valence electrons. The van der Waals surface area contributed by atoms with E-state index in [0.29, 0.717) is 15.2 Å². The summed E-state index contributed by atoms with van der Waals surface area (Å²) >= 11 is 7.22. The van der Waals surface area contributed by atoms with Crippen molar-refractivity contribution in [3.63, 3.8) is 0 Å². The van der Waals surface area contributed by atoms with Gasteiger partial charge in [-0.15, -0.1) is 0 Å². The quantitative estimate of drug-likeness (QED) is 0.552. The first kappa shape index (κ1) is 20.3. The Morgan fingerprint density at radius 2 is 1.84 bits per heavy atom. The highest BCUT2D eigenvalue weighted by Gasteiger charge is 2.35. The number of halogens is 1. The van der Waals surface area contributed by atoms with E-state index >= 15 is 0 Å². The Bertz CT molecular complexity index is 1300. The maximum absolute atomic E-state index is 12.7. The number of nitrogens with one attached hydrogen (secondary N) is 1. The van der Waals surface area contributed by atoms with Crippen LogP contribution in [0.2, 0.25) is 5.02 Å². The van der Waals surface area contributed by atoms with Crippen LogP contribution in [0.25, 0.3) is 11.8 Å². The Morgan fingerprint density at radius 1 is 1.06 bits per heavy atom. The Hall–Kier alpha value is -3.62. The van der Waals surface area contributed by atoms with E-state index in [1.54, 1.807) is 18.2 Å². The molecule has 5 rings (SSSR count). The van der Waals surface area contributed by atoms with Crippen LogP contribution < -0.4 is 4.74 Å². The molecule has 0 atom stereocenters. The number of fused-ring (bicyclic) bond motifs is 1. The highest BCUT2D eigenvalue weighted by atomic mass is 35.5. The van der Waals surface area contributed by atoms with E-state index in [4.69, 9.17) is 21.7 Å². The van der Waals surface area contributed by atoms with Crippen LogP contribution in [0, 0.1) is 5.41 Å². The summed E-state index contributed by atoms with van der Waals surface area (Å²) in [5.74, 6) is 0.224. The fraction of sp³-hybridized carbons (Fsp3) is 0.0435. The van der Waals surface area contributed by atoms with Crippen molar-refractivity contribution in [3.8, 4) is 11.4 Å². The summed E-state index contributed by atoms with van der Waals surface area (Å²) in [6.07, 6.45) is 3.53. The van der Waals surface area contributed by atoms with Crippen LogP contribution in [0.15, 0.2) is 88.6 Å². The summed E-state index contributed by atoms with van der Waals surface area (Å²) in [4.78, 5) is 16.8. The van der Waals surface area contributed by atoms with Gasteiger partial charge in [0.25, 0.3) is 5.91 Å². The molecule has 3 aromatic rings. The molecule has 1 N–H and O–H groups in total. The number of thioether (sulfide) groups is 1. The van der Waals surface area contributed by atoms with E-state index in [2.05, 4.69) is 10.1 Å². The lowest BCUT2D eigenvalue weighted by atomic mass is 10.1. The molecule has 0 saturated carbocycles. The summed E-state index contributed by atoms with van der Waals surface area (Å²) in [5, 5.41) is 16.0. The summed E-state index contributed by atoms with van der Waals surface area (Å²) in [6.45, 7) is 0.226. The second-order valence-electron chi connectivity index (χ2n) is 6.89. The third kappa shape index (κ3) is 3.98. The number of amides is 1. The number of benzene rings is 2. The number of nitrogens with zero attached hydrogens (tertiary/aromatic N) is 4. The molecule has 7 nitrogen and oxygen atoms in total. The molecule has 0 bridgehead atoms. The van der Waals surface area contributed by atoms with Gasteiger partial charge in [0.05, 0.1) is 5.57 Å². The molecule has 3 heterocycles. The Kier molecular flexibility index (Phi) is 5.38. The monoisotopic (exact) mass is 461 g/mol. The Morgan fingerprint density at radius 3 is 2.62 bits per heavy atom. The van der Waals surface area contributed by atoms with Gasteiger partial charge in [-0.1, -0.05) is 29.8 Å². The number of ether oxygens (including phenoxy) is 1. The van der Waals surface area contributed by atoms with E-state index in [1.807, 2.05) is 65.4 Å². The van der Waals surface area contributed by atoms with Crippen LogP contribution in [0.1, 0.15) is 5.69 Å². The average molecular weight is 462 g/mol. The topological polar surface area (TPSA) is 83.0 Å². The highest BCUT2D eigenvalue weighted by molar-refractivity contribution is 8.27. The number of aliphatic imine (C=N–C) groups is 1. The predicted octanol–water partition coefficient (Wildman–Crippen LogP) is 4.83. The van der Waals surface area contributed by atoms with Crippen LogP contribution in [0.5, 0.6) is 5.75 Å². The average Bonchev–Trinajstić information content (AvgIpc) is 3.43. The summed E-state index contributed by atoms with van der Waals surface area (Å²) in [6, 6.07) is 20.5. The van der Waals surface area contributed by atoms with Gasteiger partial charge in [-0.25, -0.2) is 0 Å². The van der Waals surface area contributed by atoms with Crippen molar-refractivity contribution in [2.24, 2.45) is 10.1 Å². The third-order valence-corrected chi connectivity index (χ3v) is 5.91. The van der Waals surface area contributed by atoms with E-state index in [-0.39, 0.29) is 18.0 Å². The van der Waals surface area contributed by atoms with Gasteiger partial charge in [0, 0.05) is 22.6 Å². The van der Waals surface area contributed by atoms with Gasteiger partial charge < -0.3 is 9.30 Å². The normalized spacial score (nSPS) is 16.8. The Labute approximate surface area is 193 Å². The zero-order chi connectivity index (χ0) is 22.1. The molecule has 0 unspecified atom stereocenters. The molecule has 0 spiro atoms.